The van der Waals surface area contributed by atoms with Gasteiger partial charge in [0.2, 0.25) is 0 Å². The Kier molecular flexibility index (Phi) is 4.66. The lowest BCUT2D eigenvalue weighted by Gasteiger charge is -2.38. The third kappa shape index (κ3) is 2.98. The lowest BCUT2D eigenvalue weighted by molar-refractivity contribution is 0.114. The van der Waals surface area contributed by atoms with Crippen LogP contribution in [0.2, 0.25) is 0 Å². The van der Waals surface area contributed by atoms with E-state index in [0.29, 0.717) is 6.04 Å². The lowest BCUT2D eigenvalue weighted by Crippen LogP contribution is -2.47. The molecule has 0 heterocycles. The maximum Gasteiger partial charge on any atom is 0.0249 e. The monoisotopic (exact) mass is 224 g/mol. The first kappa shape index (κ1) is 12.4. The van der Waals surface area contributed by atoms with Crippen molar-refractivity contribution in [1.82, 2.24) is 4.90 Å². The van der Waals surface area contributed by atoms with Gasteiger partial charge in [0.1, 0.15) is 0 Å². The Morgan fingerprint density at radius 3 is 2.31 bits per heavy atom. The highest BCUT2D eigenvalue weighted by atomic mass is 15.2. The van der Waals surface area contributed by atoms with Crippen molar-refractivity contribution in [1.29, 1.82) is 0 Å². The molecule has 2 saturated carbocycles. The molecule has 1 atom stereocenters. The average Bonchev–Trinajstić information content (AvgIpc) is 3.14. The van der Waals surface area contributed by atoms with Gasteiger partial charge in [0.05, 0.1) is 0 Å². The van der Waals surface area contributed by atoms with Gasteiger partial charge in [0.25, 0.3) is 0 Å². The molecule has 2 fully saturated rings. The Morgan fingerprint density at radius 2 is 1.81 bits per heavy atom. The van der Waals surface area contributed by atoms with Crippen molar-refractivity contribution in [3.8, 4) is 0 Å². The fourth-order valence-electron chi connectivity index (χ4n) is 3.40. The molecule has 0 aromatic heterocycles. The van der Waals surface area contributed by atoms with Crippen LogP contribution in [0.15, 0.2) is 0 Å². The normalized spacial score (nSPS) is 24.9. The first-order valence-corrected chi connectivity index (χ1v) is 7.32. The summed E-state index contributed by atoms with van der Waals surface area (Å²) < 4.78 is 0. The van der Waals surface area contributed by atoms with Crippen LogP contribution < -0.4 is 5.73 Å². The molecule has 0 amide bonds. The number of hydrogen-bond donors (Lipinski definition) is 1. The van der Waals surface area contributed by atoms with Crippen molar-refractivity contribution in [3.63, 3.8) is 0 Å². The number of nitrogens with two attached hydrogens (primary N) is 1. The van der Waals surface area contributed by atoms with E-state index >= 15 is 0 Å². The van der Waals surface area contributed by atoms with E-state index < -0.39 is 0 Å². The topological polar surface area (TPSA) is 29.3 Å². The highest BCUT2D eigenvalue weighted by Gasteiger charge is 2.36. The fourth-order valence-corrected chi connectivity index (χ4v) is 3.40. The van der Waals surface area contributed by atoms with Crippen LogP contribution in [-0.4, -0.2) is 30.1 Å². The quantitative estimate of drug-likeness (QED) is 0.751. The predicted molar refractivity (Wildman–Crippen MR) is 69.4 cm³/mol. The Hall–Kier alpha value is -0.0800. The maximum absolute atomic E-state index is 6.06. The molecule has 2 aliphatic carbocycles. The molecule has 2 rings (SSSR count). The van der Waals surface area contributed by atoms with Crippen molar-refractivity contribution in [2.24, 2.45) is 11.7 Å². The summed E-state index contributed by atoms with van der Waals surface area (Å²) in [5, 5.41) is 0. The Bertz CT molecular complexity index is 195. The van der Waals surface area contributed by atoms with E-state index in [2.05, 4.69) is 11.8 Å². The first-order valence-electron chi connectivity index (χ1n) is 7.32. The second-order valence-electron chi connectivity index (χ2n) is 5.67. The van der Waals surface area contributed by atoms with Crippen LogP contribution in [0.25, 0.3) is 0 Å². The minimum Gasteiger partial charge on any atom is -0.329 e. The summed E-state index contributed by atoms with van der Waals surface area (Å²) in [5.41, 5.74) is 6.06. The highest BCUT2D eigenvalue weighted by Crippen LogP contribution is 2.35. The minimum absolute atomic E-state index is 0.688. The molecule has 0 bridgehead atoms. The first-order chi connectivity index (χ1) is 7.86. The highest BCUT2D eigenvalue weighted by molar-refractivity contribution is 4.92. The summed E-state index contributed by atoms with van der Waals surface area (Å²) in [7, 11) is 0. The van der Waals surface area contributed by atoms with Crippen LogP contribution in [0, 0.1) is 5.92 Å². The molecule has 0 radical (unpaired) electrons. The number of nitrogens with zero attached hydrogens (tertiary/aromatic N) is 1. The van der Waals surface area contributed by atoms with Crippen LogP contribution in [0.1, 0.15) is 58.3 Å². The lowest BCUT2D eigenvalue weighted by atomic mass is 9.83. The SMILES string of the molecule is CCCN(C1CC1)C(CN)C1CCCCC1. The van der Waals surface area contributed by atoms with E-state index in [1.807, 2.05) is 0 Å². The van der Waals surface area contributed by atoms with Gasteiger partial charge in [-0.1, -0.05) is 26.2 Å². The van der Waals surface area contributed by atoms with Gasteiger partial charge in [-0.05, 0) is 44.6 Å². The molecule has 2 nitrogen and oxygen atoms in total. The number of hydrogen-bond acceptors (Lipinski definition) is 2. The summed E-state index contributed by atoms with van der Waals surface area (Å²) in [6, 6.07) is 1.57. The molecule has 0 spiro atoms. The Labute approximate surface area is 101 Å². The van der Waals surface area contributed by atoms with Crippen LogP contribution in [0.3, 0.4) is 0 Å². The van der Waals surface area contributed by atoms with Crippen molar-refractivity contribution >= 4 is 0 Å². The third-order valence-electron chi connectivity index (χ3n) is 4.36. The van der Waals surface area contributed by atoms with Crippen LogP contribution in [0.5, 0.6) is 0 Å². The predicted octanol–water partition coefficient (Wildman–Crippen LogP) is 2.77. The van der Waals surface area contributed by atoms with Gasteiger partial charge in [0, 0.05) is 18.6 Å². The molecule has 0 aromatic rings. The van der Waals surface area contributed by atoms with E-state index in [4.69, 9.17) is 5.73 Å². The summed E-state index contributed by atoms with van der Waals surface area (Å²) in [4.78, 5) is 2.75. The average molecular weight is 224 g/mol. The van der Waals surface area contributed by atoms with Gasteiger partial charge in [-0.15, -0.1) is 0 Å². The molecule has 2 N–H and O–H groups in total. The third-order valence-corrected chi connectivity index (χ3v) is 4.36. The van der Waals surface area contributed by atoms with Crippen LogP contribution in [-0.2, 0) is 0 Å². The summed E-state index contributed by atoms with van der Waals surface area (Å²) in [5.74, 6) is 0.894. The molecule has 94 valence electrons. The molecule has 0 aliphatic heterocycles. The van der Waals surface area contributed by atoms with E-state index in [1.54, 1.807) is 0 Å². The zero-order valence-corrected chi connectivity index (χ0v) is 10.8. The van der Waals surface area contributed by atoms with Crippen molar-refractivity contribution < 1.29 is 0 Å². The second kappa shape index (κ2) is 6.02. The standard InChI is InChI=1S/C14H28N2/c1-2-10-16(13-8-9-13)14(11-15)12-6-4-3-5-7-12/h12-14H,2-11,15H2,1H3. The van der Waals surface area contributed by atoms with Crippen molar-refractivity contribution in [3.05, 3.63) is 0 Å². The number of rotatable bonds is 6. The molecule has 0 saturated heterocycles. The van der Waals surface area contributed by atoms with E-state index in [1.165, 1.54) is 57.9 Å². The summed E-state index contributed by atoms with van der Waals surface area (Å²) >= 11 is 0. The fraction of sp³-hybridized carbons (Fsp3) is 1.00. The second-order valence-corrected chi connectivity index (χ2v) is 5.67. The zero-order chi connectivity index (χ0) is 11.4. The summed E-state index contributed by atoms with van der Waals surface area (Å²) in [6.45, 7) is 4.44. The molecular weight excluding hydrogens is 196 g/mol. The largest absolute Gasteiger partial charge is 0.329 e. The smallest absolute Gasteiger partial charge is 0.0249 e. The van der Waals surface area contributed by atoms with Gasteiger partial charge in [-0.2, -0.15) is 0 Å². The molecule has 2 heteroatoms. The van der Waals surface area contributed by atoms with Gasteiger partial charge >= 0.3 is 0 Å². The van der Waals surface area contributed by atoms with Gasteiger partial charge in [0.15, 0.2) is 0 Å². The molecule has 0 aromatic carbocycles. The minimum atomic E-state index is 0.688. The van der Waals surface area contributed by atoms with Crippen LogP contribution in [0.4, 0.5) is 0 Å². The van der Waals surface area contributed by atoms with Crippen LogP contribution >= 0.6 is 0 Å². The van der Waals surface area contributed by atoms with Crippen molar-refractivity contribution in [2.75, 3.05) is 13.1 Å². The molecule has 16 heavy (non-hydrogen) atoms. The molecule has 2 aliphatic rings. The van der Waals surface area contributed by atoms with E-state index in [-0.39, 0.29) is 0 Å². The molecular formula is C14H28N2. The van der Waals surface area contributed by atoms with E-state index in [0.717, 1.165) is 18.5 Å². The van der Waals surface area contributed by atoms with Gasteiger partial charge < -0.3 is 5.73 Å². The van der Waals surface area contributed by atoms with E-state index in [9.17, 15) is 0 Å². The van der Waals surface area contributed by atoms with Gasteiger partial charge in [-0.3, -0.25) is 4.90 Å². The Morgan fingerprint density at radius 1 is 1.12 bits per heavy atom. The maximum atomic E-state index is 6.06. The summed E-state index contributed by atoms with van der Waals surface area (Å²) in [6.07, 6.45) is 11.3. The van der Waals surface area contributed by atoms with Gasteiger partial charge in [-0.25, -0.2) is 0 Å². The van der Waals surface area contributed by atoms with Crippen molar-refractivity contribution in [2.45, 2.75) is 70.4 Å². The molecule has 1 unspecified atom stereocenters. The Balaban J connectivity index is 1.94. The zero-order valence-electron chi connectivity index (χ0n) is 10.8.